The van der Waals surface area contributed by atoms with E-state index < -0.39 is 5.97 Å². The van der Waals surface area contributed by atoms with Crippen molar-refractivity contribution < 1.29 is 13.9 Å². The number of fused-ring (bicyclic) bond motifs is 1. The van der Waals surface area contributed by atoms with E-state index in [1.54, 1.807) is 30.5 Å². The summed E-state index contributed by atoms with van der Waals surface area (Å²) in [6.45, 7) is 0. The van der Waals surface area contributed by atoms with Gasteiger partial charge in [0.25, 0.3) is 5.71 Å². The van der Waals surface area contributed by atoms with Crippen molar-refractivity contribution in [1.29, 1.82) is 0 Å². The van der Waals surface area contributed by atoms with Gasteiger partial charge in [-0.1, -0.05) is 6.07 Å². The van der Waals surface area contributed by atoms with Gasteiger partial charge in [0.2, 0.25) is 11.5 Å². The summed E-state index contributed by atoms with van der Waals surface area (Å²) in [6.07, 6.45) is 3.07. The van der Waals surface area contributed by atoms with Crippen LogP contribution in [-0.2, 0) is 4.74 Å². The standard InChI is InChI=1S/C13H9N3O3/c1-18-13(17)9-4-2-3-8(7-9)11-16-10-12(19-11)15-6-5-14-10/h2-7H,1H3. The largest absolute Gasteiger partial charge is 0.465 e. The normalized spacial score (nSPS) is 10.6. The Labute approximate surface area is 108 Å². The summed E-state index contributed by atoms with van der Waals surface area (Å²) >= 11 is 0. The molecule has 0 aliphatic rings. The highest BCUT2D eigenvalue weighted by Crippen LogP contribution is 2.22. The molecule has 19 heavy (non-hydrogen) atoms. The SMILES string of the molecule is COC(=O)c1cccc(-c2nc3nccnc3o2)c1. The third-order valence-electron chi connectivity index (χ3n) is 2.58. The van der Waals surface area contributed by atoms with E-state index in [1.807, 2.05) is 0 Å². The molecular formula is C13H9N3O3. The van der Waals surface area contributed by atoms with Gasteiger partial charge in [0, 0.05) is 18.0 Å². The van der Waals surface area contributed by atoms with Gasteiger partial charge >= 0.3 is 5.97 Å². The van der Waals surface area contributed by atoms with E-state index in [9.17, 15) is 4.79 Å². The number of hydrogen-bond acceptors (Lipinski definition) is 6. The first-order valence-corrected chi connectivity index (χ1v) is 5.54. The van der Waals surface area contributed by atoms with Gasteiger partial charge < -0.3 is 9.15 Å². The number of oxazole rings is 1. The Kier molecular flexibility index (Phi) is 2.68. The molecule has 2 heterocycles. The molecule has 0 atom stereocenters. The third kappa shape index (κ3) is 2.03. The molecular weight excluding hydrogens is 246 g/mol. The van der Waals surface area contributed by atoms with Crippen molar-refractivity contribution in [2.75, 3.05) is 7.11 Å². The van der Waals surface area contributed by atoms with Gasteiger partial charge in [0.05, 0.1) is 12.7 Å². The monoisotopic (exact) mass is 255 g/mol. The zero-order valence-corrected chi connectivity index (χ0v) is 10.0. The number of ether oxygens (including phenoxy) is 1. The second-order valence-corrected chi connectivity index (χ2v) is 3.78. The maximum Gasteiger partial charge on any atom is 0.337 e. The molecule has 0 amide bonds. The number of nitrogens with zero attached hydrogens (tertiary/aromatic N) is 3. The molecule has 94 valence electrons. The van der Waals surface area contributed by atoms with Crippen LogP contribution in [0, 0.1) is 0 Å². The molecule has 0 saturated heterocycles. The van der Waals surface area contributed by atoms with Crippen LogP contribution in [0.1, 0.15) is 10.4 Å². The van der Waals surface area contributed by atoms with Crippen LogP contribution < -0.4 is 0 Å². The molecule has 6 heteroatoms. The molecule has 3 rings (SSSR count). The first kappa shape index (κ1) is 11.3. The Hall–Kier alpha value is -2.76. The number of rotatable bonds is 2. The number of methoxy groups -OCH3 is 1. The molecule has 0 radical (unpaired) electrons. The summed E-state index contributed by atoms with van der Waals surface area (Å²) < 4.78 is 10.2. The smallest absolute Gasteiger partial charge is 0.337 e. The van der Waals surface area contributed by atoms with Crippen molar-refractivity contribution in [2.45, 2.75) is 0 Å². The molecule has 3 aromatic rings. The molecule has 0 aliphatic heterocycles. The van der Waals surface area contributed by atoms with E-state index in [0.29, 0.717) is 28.4 Å². The Bertz CT molecular complexity index is 718. The summed E-state index contributed by atoms with van der Waals surface area (Å²) in [5, 5.41) is 0. The minimum Gasteiger partial charge on any atom is -0.465 e. The number of carbonyl (C=O) groups is 1. The van der Waals surface area contributed by atoms with E-state index in [1.165, 1.54) is 13.3 Å². The fourth-order valence-corrected chi connectivity index (χ4v) is 1.70. The van der Waals surface area contributed by atoms with Crippen molar-refractivity contribution >= 4 is 17.3 Å². The Morgan fingerprint density at radius 1 is 1.26 bits per heavy atom. The first-order valence-electron chi connectivity index (χ1n) is 5.54. The molecule has 0 fully saturated rings. The number of benzene rings is 1. The summed E-state index contributed by atoms with van der Waals surface area (Å²) in [7, 11) is 1.34. The lowest BCUT2D eigenvalue weighted by molar-refractivity contribution is 0.0601. The summed E-state index contributed by atoms with van der Waals surface area (Å²) in [4.78, 5) is 23.7. The lowest BCUT2D eigenvalue weighted by Crippen LogP contribution is -2.00. The van der Waals surface area contributed by atoms with Gasteiger partial charge in [-0.05, 0) is 18.2 Å². The molecule has 2 aromatic heterocycles. The highest BCUT2D eigenvalue weighted by atomic mass is 16.5. The number of esters is 1. The predicted octanol–water partition coefficient (Wildman–Crippen LogP) is 2.07. The molecule has 0 saturated carbocycles. The topological polar surface area (TPSA) is 78.1 Å². The second kappa shape index (κ2) is 4.49. The molecule has 0 aliphatic carbocycles. The van der Waals surface area contributed by atoms with E-state index >= 15 is 0 Å². The maximum absolute atomic E-state index is 11.5. The van der Waals surface area contributed by atoms with Gasteiger partial charge in [-0.2, -0.15) is 4.98 Å². The van der Waals surface area contributed by atoms with Crippen molar-refractivity contribution in [2.24, 2.45) is 0 Å². The molecule has 0 unspecified atom stereocenters. The van der Waals surface area contributed by atoms with Gasteiger partial charge in [-0.15, -0.1) is 0 Å². The lowest BCUT2D eigenvalue weighted by atomic mass is 10.1. The highest BCUT2D eigenvalue weighted by Gasteiger charge is 2.12. The molecule has 0 bridgehead atoms. The Morgan fingerprint density at radius 3 is 2.89 bits per heavy atom. The fraction of sp³-hybridized carbons (Fsp3) is 0.0769. The molecule has 6 nitrogen and oxygen atoms in total. The summed E-state index contributed by atoms with van der Waals surface area (Å²) in [5.41, 5.74) is 1.90. The highest BCUT2D eigenvalue weighted by molar-refractivity contribution is 5.90. The third-order valence-corrected chi connectivity index (χ3v) is 2.58. The van der Waals surface area contributed by atoms with Gasteiger partial charge in [-0.3, -0.25) is 0 Å². The van der Waals surface area contributed by atoms with Crippen LogP contribution in [0.4, 0.5) is 0 Å². The summed E-state index contributed by atoms with van der Waals surface area (Å²) in [6, 6.07) is 6.83. The van der Waals surface area contributed by atoms with Crippen molar-refractivity contribution in [3.05, 3.63) is 42.2 Å². The maximum atomic E-state index is 11.5. The van der Waals surface area contributed by atoms with Crippen LogP contribution in [0.2, 0.25) is 0 Å². The van der Waals surface area contributed by atoms with E-state index in [-0.39, 0.29) is 0 Å². The average molecular weight is 255 g/mol. The van der Waals surface area contributed by atoms with Crippen LogP contribution in [-0.4, -0.2) is 28.0 Å². The minimum atomic E-state index is -0.408. The van der Waals surface area contributed by atoms with E-state index in [0.717, 1.165) is 0 Å². The van der Waals surface area contributed by atoms with Gasteiger partial charge in [-0.25, -0.2) is 14.8 Å². The average Bonchev–Trinajstić information content (AvgIpc) is 2.90. The first-order chi connectivity index (χ1) is 9.28. The van der Waals surface area contributed by atoms with Crippen LogP contribution in [0.15, 0.2) is 41.1 Å². The number of hydrogen-bond donors (Lipinski definition) is 0. The van der Waals surface area contributed by atoms with E-state index in [4.69, 9.17) is 4.42 Å². The molecule has 0 N–H and O–H groups in total. The Morgan fingerprint density at radius 2 is 2.11 bits per heavy atom. The van der Waals surface area contributed by atoms with E-state index in [2.05, 4.69) is 19.7 Å². The van der Waals surface area contributed by atoms with Crippen LogP contribution in [0.25, 0.3) is 22.8 Å². The van der Waals surface area contributed by atoms with Crippen molar-refractivity contribution in [3.8, 4) is 11.5 Å². The zero-order chi connectivity index (χ0) is 13.2. The van der Waals surface area contributed by atoms with Crippen molar-refractivity contribution in [3.63, 3.8) is 0 Å². The second-order valence-electron chi connectivity index (χ2n) is 3.78. The van der Waals surface area contributed by atoms with Crippen LogP contribution in [0.3, 0.4) is 0 Å². The number of carbonyl (C=O) groups excluding carboxylic acids is 1. The van der Waals surface area contributed by atoms with Gasteiger partial charge in [0.1, 0.15) is 0 Å². The summed E-state index contributed by atoms with van der Waals surface area (Å²) in [5.74, 6) is -0.0406. The van der Waals surface area contributed by atoms with Crippen molar-refractivity contribution in [1.82, 2.24) is 15.0 Å². The lowest BCUT2D eigenvalue weighted by Gasteiger charge is -2.00. The van der Waals surface area contributed by atoms with Gasteiger partial charge in [0.15, 0.2) is 0 Å². The quantitative estimate of drug-likeness (QED) is 0.652. The molecule has 0 spiro atoms. The Balaban J connectivity index is 2.08. The minimum absolute atomic E-state index is 0.362. The molecule has 1 aromatic carbocycles. The number of aromatic nitrogens is 3. The fourth-order valence-electron chi connectivity index (χ4n) is 1.70. The zero-order valence-electron chi connectivity index (χ0n) is 10.0. The predicted molar refractivity (Wildman–Crippen MR) is 66.4 cm³/mol. The van der Waals surface area contributed by atoms with Crippen LogP contribution in [0.5, 0.6) is 0 Å². The van der Waals surface area contributed by atoms with Crippen LogP contribution >= 0.6 is 0 Å².